The van der Waals surface area contributed by atoms with E-state index in [9.17, 15) is 23.3 Å². The first-order valence-electron chi connectivity index (χ1n) is 10.5. The molecule has 0 unspecified atom stereocenters. The van der Waals surface area contributed by atoms with Crippen LogP contribution in [0.3, 0.4) is 0 Å². The van der Waals surface area contributed by atoms with Gasteiger partial charge in [-0.25, -0.2) is 13.9 Å². The third-order valence-electron chi connectivity index (χ3n) is 4.46. The van der Waals surface area contributed by atoms with Crippen molar-refractivity contribution < 1.29 is 32.4 Å². The van der Waals surface area contributed by atoms with Gasteiger partial charge in [-0.05, 0) is 31.0 Å². The summed E-state index contributed by atoms with van der Waals surface area (Å²) in [6, 6.07) is 14.2. The SMILES string of the molecule is O=C(CCCCCNOCCOc1ccccc1)OCCS(=O)(=O)c1cccc([N+](=O)[O-])c1. The second-order valence-electron chi connectivity index (χ2n) is 7.01. The van der Waals surface area contributed by atoms with Gasteiger partial charge in [0.15, 0.2) is 9.84 Å². The van der Waals surface area contributed by atoms with E-state index in [4.69, 9.17) is 14.3 Å². The van der Waals surface area contributed by atoms with Gasteiger partial charge in [0.1, 0.15) is 25.6 Å². The molecule has 2 aromatic rings. The van der Waals surface area contributed by atoms with Gasteiger partial charge in [0, 0.05) is 25.1 Å². The molecular formula is C22H28N2O8S. The number of unbranched alkanes of at least 4 members (excludes halogenated alkanes) is 2. The quantitative estimate of drug-likeness (QED) is 0.166. The lowest BCUT2D eigenvalue weighted by atomic mass is 10.2. The molecule has 2 rings (SSSR count). The molecule has 0 fully saturated rings. The van der Waals surface area contributed by atoms with Crippen LogP contribution >= 0.6 is 0 Å². The fraction of sp³-hybridized carbons (Fsp3) is 0.409. The number of nitro benzene ring substituents is 1. The Morgan fingerprint density at radius 3 is 2.52 bits per heavy atom. The largest absolute Gasteiger partial charge is 0.491 e. The molecule has 0 amide bonds. The van der Waals surface area contributed by atoms with Crippen molar-refractivity contribution in [1.29, 1.82) is 0 Å². The number of carbonyl (C=O) groups is 1. The second-order valence-corrected chi connectivity index (χ2v) is 9.12. The Bertz CT molecular complexity index is 983. The number of ether oxygens (including phenoxy) is 2. The Kier molecular flexibility index (Phi) is 11.3. The highest BCUT2D eigenvalue weighted by atomic mass is 32.2. The van der Waals surface area contributed by atoms with Gasteiger partial charge in [-0.1, -0.05) is 30.7 Å². The van der Waals surface area contributed by atoms with E-state index >= 15 is 0 Å². The number of hydrogen-bond acceptors (Lipinski definition) is 9. The summed E-state index contributed by atoms with van der Waals surface area (Å²) in [5.41, 5.74) is 2.52. The highest BCUT2D eigenvalue weighted by molar-refractivity contribution is 7.91. The van der Waals surface area contributed by atoms with Crippen molar-refractivity contribution in [1.82, 2.24) is 5.48 Å². The summed E-state index contributed by atoms with van der Waals surface area (Å²) in [6.45, 7) is 1.16. The molecule has 0 saturated heterocycles. The van der Waals surface area contributed by atoms with E-state index in [1.807, 2.05) is 30.3 Å². The molecular weight excluding hydrogens is 452 g/mol. The van der Waals surface area contributed by atoms with Crippen molar-refractivity contribution in [3.05, 3.63) is 64.7 Å². The van der Waals surface area contributed by atoms with Gasteiger partial charge in [-0.2, -0.15) is 0 Å². The number of hydrogen-bond donors (Lipinski definition) is 1. The van der Waals surface area contributed by atoms with E-state index in [1.165, 1.54) is 18.2 Å². The molecule has 0 aliphatic heterocycles. The number of rotatable bonds is 16. The normalized spacial score (nSPS) is 11.2. The van der Waals surface area contributed by atoms with Crippen LogP contribution in [-0.4, -0.2) is 51.4 Å². The zero-order valence-electron chi connectivity index (χ0n) is 18.2. The van der Waals surface area contributed by atoms with Gasteiger partial charge in [-0.3, -0.25) is 19.7 Å². The first-order valence-corrected chi connectivity index (χ1v) is 12.2. The van der Waals surface area contributed by atoms with Crippen LogP contribution in [-0.2, 0) is 24.2 Å². The van der Waals surface area contributed by atoms with E-state index in [0.717, 1.165) is 24.7 Å². The van der Waals surface area contributed by atoms with Gasteiger partial charge < -0.3 is 9.47 Å². The number of nitrogens with zero attached hydrogens (tertiary/aromatic N) is 1. The van der Waals surface area contributed by atoms with Gasteiger partial charge in [0.2, 0.25) is 0 Å². The van der Waals surface area contributed by atoms with Gasteiger partial charge >= 0.3 is 5.97 Å². The van der Waals surface area contributed by atoms with Crippen LogP contribution in [0.15, 0.2) is 59.5 Å². The number of benzene rings is 2. The van der Waals surface area contributed by atoms with Crippen LogP contribution in [0.25, 0.3) is 0 Å². The Hall–Kier alpha value is -3.02. The molecule has 0 bridgehead atoms. The predicted octanol–water partition coefficient (Wildman–Crippen LogP) is 3.07. The van der Waals surface area contributed by atoms with Crippen LogP contribution in [0.5, 0.6) is 5.75 Å². The van der Waals surface area contributed by atoms with Crippen LogP contribution in [0.2, 0.25) is 0 Å². The number of hydroxylamine groups is 1. The van der Waals surface area contributed by atoms with E-state index < -0.39 is 26.5 Å². The third kappa shape index (κ3) is 10.4. The number of non-ortho nitro benzene ring substituents is 1. The van der Waals surface area contributed by atoms with Crippen LogP contribution in [0, 0.1) is 10.1 Å². The Labute approximate surface area is 192 Å². The lowest BCUT2D eigenvalue weighted by Gasteiger charge is -2.08. The summed E-state index contributed by atoms with van der Waals surface area (Å²) in [4.78, 5) is 27.0. The highest BCUT2D eigenvalue weighted by Crippen LogP contribution is 2.18. The van der Waals surface area contributed by atoms with Crippen molar-refractivity contribution >= 4 is 21.5 Å². The smallest absolute Gasteiger partial charge is 0.305 e. The molecule has 0 radical (unpaired) electrons. The molecule has 180 valence electrons. The molecule has 10 nitrogen and oxygen atoms in total. The molecule has 11 heteroatoms. The fourth-order valence-electron chi connectivity index (χ4n) is 2.75. The van der Waals surface area contributed by atoms with Crippen LogP contribution in [0.1, 0.15) is 25.7 Å². The Balaban J connectivity index is 1.48. The second kappa shape index (κ2) is 14.2. The average molecular weight is 481 g/mol. The molecule has 0 atom stereocenters. The minimum absolute atomic E-state index is 0.172. The first kappa shape index (κ1) is 26.2. The average Bonchev–Trinajstić information content (AvgIpc) is 2.81. The summed E-state index contributed by atoms with van der Waals surface area (Å²) in [5.74, 6) is -0.129. The number of nitrogens with one attached hydrogen (secondary N) is 1. The molecule has 0 heterocycles. The summed E-state index contributed by atoms with van der Waals surface area (Å²) in [6.07, 6.45) is 2.36. The maximum absolute atomic E-state index is 12.2. The number of sulfone groups is 1. The number of nitro groups is 1. The molecule has 0 saturated carbocycles. The standard InChI is InChI=1S/C22H28N2O8S/c25-22(31-16-17-33(28,29)21-11-7-8-19(18-21)24(26)27)12-5-2-6-13-23-32-15-14-30-20-9-3-1-4-10-20/h1,3-4,7-11,18,23H,2,5-6,12-17H2. The van der Waals surface area contributed by atoms with Crippen molar-refractivity contribution in [3.63, 3.8) is 0 Å². The molecule has 1 N–H and O–H groups in total. The molecule has 33 heavy (non-hydrogen) atoms. The zero-order chi connectivity index (χ0) is 23.9. The lowest BCUT2D eigenvalue weighted by Crippen LogP contribution is -2.20. The number of carbonyl (C=O) groups excluding carboxylic acids is 1. The maximum Gasteiger partial charge on any atom is 0.305 e. The molecule has 0 aliphatic rings. The highest BCUT2D eigenvalue weighted by Gasteiger charge is 2.18. The topological polar surface area (TPSA) is 134 Å². The third-order valence-corrected chi connectivity index (χ3v) is 6.14. The van der Waals surface area contributed by atoms with Crippen molar-refractivity contribution in [2.75, 3.05) is 32.1 Å². The monoisotopic (exact) mass is 480 g/mol. The fourth-order valence-corrected chi connectivity index (χ4v) is 3.88. The van der Waals surface area contributed by atoms with Gasteiger partial charge in [0.05, 0.1) is 15.6 Å². The maximum atomic E-state index is 12.2. The van der Waals surface area contributed by atoms with E-state index in [-0.39, 0.29) is 23.6 Å². The summed E-state index contributed by atoms with van der Waals surface area (Å²) in [5, 5.41) is 10.8. The lowest BCUT2D eigenvalue weighted by molar-refractivity contribution is -0.385. The van der Waals surface area contributed by atoms with Crippen LogP contribution in [0.4, 0.5) is 5.69 Å². The van der Waals surface area contributed by atoms with Crippen molar-refractivity contribution in [2.45, 2.75) is 30.6 Å². The van der Waals surface area contributed by atoms with E-state index in [1.54, 1.807) is 0 Å². The predicted molar refractivity (Wildman–Crippen MR) is 120 cm³/mol. The minimum Gasteiger partial charge on any atom is -0.491 e. The summed E-state index contributed by atoms with van der Waals surface area (Å²) < 4.78 is 35.0. The first-order chi connectivity index (χ1) is 15.9. The zero-order valence-corrected chi connectivity index (χ0v) is 19.0. The molecule has 2 aromatic carbocycles. The summed E-state index contributed by atoms with van der Waals surface area (Å²) >= 11 is 0. The Morgan fingerprint density at radius 1 is 0.970 bits per heavy atom. The van der Waals surface area contributed by atoms with Crippen molar-refractivity contribution in [2.24, 2.45) is 0 Å². The Morgan fingerprint density at radius 2 is 1.76 bits per heavy atom. The van der Waals surface area contributed by atoms with Gasteiger partial charge in [-0.15, -0.1) is 0 Å². The summed E-state index contributed by atoms with van der Waals surface area (Å²) in [7, 11) is -3.78. The van der Waals surface area contributed by atoms with E-state index in [2.05, 4.69) is 5.48 Å². The number of para-hydroxylation sites is 1. The minimum atomic E-state index is -3.78. The van der Waals surface area contributed by atoms with E-state index in [0.29, 0.717) is 26.2 Å². The molecule has 0 aromatic heterocycles. The molecule has 0 spiro atoms. The van der Waals surface area contributed by atoms with Crippen LogP contribution < -0.4 is 10.2 Å². The van der Waals surface area contributed by atoms with Gasteiger partial charge in [0.25, 0.3) is 5.69 Å². The van der Waals surface area contributed by atoms with Crippen molar-refractivity contribution in [3.8, 4) is 5.75 Å². The number of esters is 1. The molecule has 0 aliphatic carbocycles.